The molecule has 3 aliphatic heterocycles. The first kappa shape index (κ1) is 20.9. The molecule has 4 aliphatic rings. The third kappa shape index (κ3) is 3.22. The Morgan fingerprint density at radius 2 is 1.97 bits per heavy atom. The first-order valence-electron chi connectivity index (χ1n) is 11.4. The topological polar surface area (TPSA) is 65.7 Å². The second kappa shape index (κ2) is 7.40. The molecule has 8 heteroatoms. The van der Waals surface area contributed by atoms with Crippen molar-refractivity contribution in [3.05, 3.63) is 63.3 Å². The number of aryl methyl sites for hydroxylation is 1. The van der Waals surface area contributed by atoms with E-state index in [0.717, 1.165) is 38.4 Å². The summed E-state index contributed by atoms with van der Waals surface area (Å²) < 4.78 is 41.8. The van der Waals surface area contributed by atoms with Gasteiger partial charge in [-0.1, -0.05) is 0 Å². The van der Waals surface area contributed by atoms with Gasteiger partial charge in [-0.05, 0) is 51.7 Å². The number of nitrogens with zero attached hydrogens (tertiary/aromatic N) is 3. The van der Waals surface area contributed by atoms with Gasteiger partial charge in [-0.3, -0.25) is 9.20 Å². The van der Waals surface area contributed by atoms with E-state index in [1.54, 1.807) is 20.0 Å². The Morgan fingerprint density at radius 3 is 2.70 bits per heavy atom. The molecule has 0 N–H and O–H groups in total. The molecule has 2 atom stereocenters. The molecule has 1 aliphatic carbocycles. The number of fused-ring (bicyclic) bond motifs is 2. The maximum Gasteiger partial charge on any atom is 0.261 e. The van der Waals surface area contributed by atoms with Crippen molar-refractivity contribution >= 4 is 5.65 Å². The molecule has 172 valence electrons. The lowest BCUT2D eigenvalue weighted by molar-refractivity contribution is -0.0896. The number of hydrogen-bond donors (Lipinski definition) is 0. The molecule has 1 aromatic carbocycles. The van der Waals surface area contributed by atoms with Crippen LogP contribution in [0.15, 0.2) is 29.2 Å². The maximum atomic E-state index is 14.8. The van der Waals surface area contributed by atoms with Gasteiger partial charge in [-0.15, -0.1) is 0 Å². The summed E-state index contributed by atoms with van der Waals surface area (Å²) in [5.41, 5.74) is 2.31. The predicted molar refractivity (Wildman–Crippen MR) is 117 cm³/mol. The molecule has 0 spiro atoms. The van der Waals surface area contributed by atoms with Gasteiger partial charge in [0.15, 0.2) is 5.65 Å². The lowest BCUT2D eigenvalue weighted by atomic mass is 9.64. The molecule has 2 bridgehead atoms. The summed E-state index contributed by atoms with van der Waals surface area (Å²) in [6.07, 6.45) is 5.76. The average molecular weight is 453 g/mol. The Hall–Kier alpha value is -2.71. The van der Waals surface area contributed by atoms with Crippen molar-refractivity contribution in [1.29, 1.82) is 0 Å². The van der Waals surface area contributed by atoms with Crippen molar-refractivity contribution in [2.24, 2.45) is 5.41 Å². The number of ether oxygens (including phenoxy) is 2. The molecule has 6 nitrogen and oxygen atoms in total. The highest BCUT2D eigenvalue weighted by Crippen LogP contribution is 2.55. The van der Waals surface area contributed by atoms with Crippen LogP contribution >= 0.6 is 0 Å². The summed E-state index contributed by atoms with van der Waals surface area (Å²) >= 11 is 0. The lowest BCUT2D eigenvalue weighted by Gasteiger charge is -2.45. The van der Waals surface area contributed by atoms with Crippen LogP contribution in [0.1, 0.15) is 48.6 Å². The van der Waals surface area contributed by atoms with Crippen LogP contribution < -0.4 is 5.56 Å². The van der Waals surface area contributed by atoms with Crippen molar-refractivity contribution in [2.75, 3.05) is 13.2 Å². The van der Waals surface area contributed by atoms with E-state index < -0.39 is 11.6 Å². The normalized spacial score (nSPS) is 28.8. The first-order valence-corrected chi connectivity index (χ1v) is 11.4. The molecule has 5 heterocycles. The Morgan fingerprint density at radius 1 is 1.15 bits per heavy atom. The van der Waals surface area contributed by atoms with E-state index in [9.17, 15) is 13.6 Å². The van der Waals surface area contributed by atoms with Crippen LogP contribution in [0.5, 0.6) is 0 Å². The highest BCUT2D eigenvalue weighted by atomic mass is 19.1. The molecule has 7 rings (SSSR count). The summed E-state index contributed by atoms with van der Waals surface area (Å²) in [5.74, 6) is -1.35. The number of aromatic nitrogens is 3. The van der Waals surface area contributed by atoms with Gasteiger partial charge in [0, 0.05) is 47.0 Å². The molecule has 0 amide bonds. The minimum atomic E-state index is -0.735. The zero-order valence-electron chi connectivity index (χ0n) is 18.6. The van der Waals surface area contributed by atoms with E-state index in [-0.39, 0.29) is 39.9 Å². The predicted octanol–water partition coefficient (Wildman–Crippen LogP) is 4.09. The highest BCUT2D eigenvalue weighted by Gasteiger charge is 2.57. The number of rotatable bonds is 3. The smallest absolute Gasteiger partial charge is 0.261 e. The van der Waals surface area contributed by atoms with Crippen LogP contribution in [0.4, 0.5) is 8.78 Å². The summed E-state index contributed by atoms with van der Waals surface area (Å²) in [5, 5.41) is 0. The molecular weight excluding hydrogens is 428 g/mol. The maximum absolute atomic E-state index is 14.8. The fourth-order valence-corrected chi connectivity index (χ4v) is 5.63. The van der Waals surface area contributed by atoms with Crippen molar-refractivity contribution in [2.45, 2.75) is 57.7 Å². The van der Waals surface area contributed by atoms with Crippen molar-refractivity contribution in [3.8, 4) is 11.3 Å². The van der Waals surface area contributed by atoms with Crippen molar-refractivity contribution < 1.29 is 18.3 Å². The van der Waals surface area contributed by atoms with E-state index in [2.05, 4.69) is 4.98 Å². The SMILES string of the molecule is Cc1nc2c(-c3ccc(F)cc3F)nc([C@H]3CCO[C@@H](C45COC(C4)C5)C3)cn2c(=O)c1C. The van der Waals surface area contributed by atoms with Crippen LogP contribution in [0.25, 0.3) is 16.9 Å². The summed E-state index contributed by atoms with van der Waals surface area (Å²) in [4.78, 5) is 22.5. The highest BCUT2D eigenvalue weighted by molar-refractivity contribution is 5.74. The van der Waals surface area contributed by atoms with Gasteiger partial charge in [-0.2, -0.15) is 0 Å². The monoisotopic (exact) mass is 453 g/mol. The van der Waals surface area contributed by atoms with E-state index in [1.165, 1.54) is 16.5 Å². The Balaban J connectivity index is 1.49. The van der Waals surface area contributed by atoms with Gasteiger partial charge >= 0.3 is 0 Å². The van der Waals surface area contributed by atoms with Crippen LogP contribution in [0.2, 0.25) is 0 Å². The van der Waals surface area contributed by atoms with Crippen molar-refractivity contribution in [1.82, 2.24) is 14.4 Å². The standard InChI is InChI=1S/C25H25F2N3O3/c1-13-14(2)28-23-22(18-4-3-16(26)8-19(18)27)29-20(11-30(23)24(13)31)15-5-6-32-21(7-15)25-9-17(10-25)33-12-25/h3-4,8,11,15,17,21H,5-7,9-10,12H2,1-2H3/t15-,17?,21+,25?/m0/s1. The van der Waals surface area contributed by atoms with E-state index in [1.807, 2.05) is 0 Å². The Bertz CT molecular complexity index is 1330. The molecular formula is C25H25F2N3O3. The third-order valence-electron chi connectivity index (χ3n) is 7.74. The van der Waals surface area contributed by atoms with Crippen LogP contribution in [-0.2, 0) is 9.47 Å². The zero-order valence-corrected chi connectivity index (χ0v) is 18.6. The fraction of sp³-hybridized carbons (Fsp3) is 0.480. The van der Waals surface area contributed by atoms with Crippen LogP contribution in [0, 0.1) is 30.9 Å². The molecule has 1 saturated carbocycles. The Kier molecular flexibility index (Phi) is 4.68. The fourth-order valence-electron chi connectivity index (χ4n) is 5.63. The van der Waals surface area contributed by atoms with Crippen molar-refractivity contribution in [3.63, 3.8) is 0 Å². The molecule has 0 unspecified atom stereocenters. The quantitative estimate of drug-likeness (QED) is 0.598. The molecule has 0 radical (unpaired) electrons. The van der Waals surface area contributed by atoms with Gasteiger partial charge in [0.1, 0.15) is 17.3 Å². The second-order valence-electron chi connectivity index (χ2n) is 9.74. The first-order chi connectivity index (χ1) is 15.8. The number of benzene rings is 1. The number of hydrogen-bond acceptors (Lipinski definition) is 5. The van der Waals surface area contributed by atoms with Gasteiger partial charge in [0.2, 0.25) is 0 Å². The largest absolute Gasteiger partial charge is 0.378 e. The second-order valence-corrected chi connectivity index (χ2v) is 9.74. The molecule has 33 heavy (non-hydrogen) atoms. The molecule has 4 fully saturated rings. The molecule has 3 saturated heterocycles. The molecule has 2 aromatic heterocycles. The minimum Gasteiger partial charge on any atom is -0.378 e. The summed E-state index contributed by atoms with van der Waals surface area (Å²) in [6.45, 7) is 4.80. The van der Waals surface area contributed by atoms with Gasteiger partial charge in [0.05, 0.1) is 24.5 Å². The van der Waals surface area contributed by atoms with Gasteiger partial charge in [0.25, 0.3) is 5.56 Å². The Labute approximate surface area is 189 Å². The van der Waals surface area contributed by atoms with Crippen LogP contribution in [-0.4, -0.2) is 39.8 Å². The van der Waals surface area contributed by atoms with E-state index in [4.69, 9.17) is 14.5 Å². The van der Waals surface area contributed by atoms with E-state index in [0.29, 0.717) is 29.7 Å². The lowest BCUT2D eigenvalue weighted by Crippen LogP contribution is -2.47. The summed E-state index contributed by atoms with van der Waals surface area (Å²) in [7, 11) is 0. The van der Waals surface area contributed by atoms with Gasteiger partial charge < -0.3 is 9.47 Å². The molecule has 3 aromatic rings. The zero-order chi connectivity index (χ0) is 22.9. The van der Waals surface area contributed by atoms with Crippen LogP contribution in [0.3, 0.4) is 0 Å². The van der Waals surface area contributed by atoms with Gasteiger partial charge in [-0.25, -0.2) is 18.7 Å². The van der Waals surface area contributed by atoms with E-state index >= 15 is 0 Å². The third-order valence-corrected chi connectivity index (χ3v) is 7.74. The minimum absolute atomic E-state index is 0.0537. The summed E-state index contributed by atoms with van der Waals surface area (Å²) in [6, 6.07) is 3.38. The number of halogens is 2. The average Bonchev–Trinajstić information content (AvgIpc) is 3.40.